The Balaban J connectivity index is 2.38. The van der Waals surface area contributed by atoms with Crippen molar-refractivity contribution >= 4 is 28.0 Å². The molecule has 0 fully saturated rings. The molecule has 0 aromatic heterocycles. The van der Waals surface area contributed by atoms with Gasteiger partial charge in [0.2, 0.25) is 0 Å². The molecule has 0 aliphatic heterocycles. The Labute approximate surface area is 148 Å². The molecule has 0 bridgehead atoms. The van der Waals surface area contributed by atoms with Gasteiger partial charge in [0.15, 0.2) is 0 Å². The number of rotatable bonds is 5. The van der Waals surface area contributed by atoms with Crippen LogP contribution in [0.5, 0.6) is 0 Å². The van der Waals surface area contributed by atoms with Gasteiger partial charge < -0.3 is 4.90 Å². The van der Waals surface area contributed by atoms with Gasteiger partial charge in [-0.15, -0.1) is 0 Å². The molecule has 3 heteroatoms. The smallest absolute Gasteiger partial charge is 0.0910 e. The normalized spacial score (nSPS) is 11.2. The minimum absolute atomic E-state index is 0.949. The highest BCUT2D eigenvalue weighted by molar-refractivity contribution is 9.10. The molecule has 0 atom stereocenters. The third-order valence-electron chi connectivity index (χ3n) is 4.31. The van der Waals surface area contributed by atoms with Crippen molar-refractivity contribution in [2.75, 3.05) is 13.6 Å². The van der Waals surface area contributed by atoms with E-state index in [4.69, 9.17) is 0 Å². The summed E-state index contributed by atoms with van der Waals surface area (Å²) < 4.78 is 1.10. The molecule has 0 aliphatic carbocycles. The number of hydrogen-bond acceptors (Lipinski definition) is 1. The molecule has 0 amide bonds. The fraction of sp³-hybridized carbons (Fsp3) is 0.350. The second-order valence-corrected chi connectivity index (χ2v) is 6.85. The number of benzene rings is 2. The summed E-state index contributed by atoms with van der Waals surface area (Å²) in [7, 11) is 2.03. The van der Waals surface area contributed by atoms with Crippen molar-refractivity contribution in [3.8, 4) is 0 Å². The van der Waals surface area contributed by atoms with Crippen molar-refractivity contribution in [3.63, 3.8) is 0 Å². The Morgan fingerprint density at radius 2 is 1.78 bits per heavy atom. The predicted octanol–water partition coefficient (Wildman–Crippen LogP) is 5.58. The molecule has 0 saturated carbocycles. The molecule has 2 aromatic carbocycles. The number of aliphatic imine (C=N–C) groups is 1. The molecule has 23 heavy (non-hydrogen) atoms. The first-order valence-electron chi connectivity index (χ1n) is 8.01. The zero-order valence-electron chi connectivity index (χ0n) is 14.7. The summed E-state index contributed by atoms with van der Waals surface area (Å²) in [6, 6.07) is 10.9. The lowest BCUT2D eigenvalue weighted by Gasteiger charge is -2.15. The van der Waals surface area contributed by atoms with Crippen LogP contribution >= 0.6 is 15.9 Å². The van der Waals surface area contributed by atoms with Gasteiger partial charge in [0.05, 0.1) is 12.0 Å². The summed E-state index contributed by atoms with van der Waals surface area (Å²) in [4.78, 5) is 6.73. The number of aryl methyl sites for hydroxylation is 2. The van der Waals surface area contributed by atoms with Gasteiger partial charge in [0, 0.05) is 18.1 Å². The van der Waals surface area contributed by atoms with Crippen molar-refractivity contribution in [2.45, 2.75) is 34.1 Å². The standard InChI is InChI=1S/C20H25BrN2/c1-6-23(5)13-22-20-15(3)11-18(16(4)19(20)21)12-17-10-8-7-9-14(17)2/h7-11,13H,6,12H2,1-5H3. The fourth-order valence-corrected chi connectivity index (χ4v) is 3.19. The quantitative estimate of drug-likeness (QED) is 0.494. The van der Waals surface area contributed by atoms with E-state index < -0.39 is 0 Å². The van der Waals surface area contributed by atoms with Crippen LogP contribution in [0.4, 0.5) is 5.69 Å². The zero-order valence-corrected chi connectivity index (χ0v) is 16.2. The summed E-state index contributed by atoms with van der Waals surface area (Å²) >= 11 is 3.75. The zero-order chi connectivity index (χ0) is 17.0. The molecule has 122 valence electrons. The topological polar surface area (TPSA) is 15.6 Å². The highest BCUT2D eigenvalue weighted by Gasteiger charge is 2.12. The van der Waals surface area contributed by atoms with Gasteiger partial charge in [-0.05, 0) is 77.9 Å². The maximum absolute atomic E-state index is 4.66. The van der Waals surface area contributed by atoms with Crippen molar-refractivity contribution < 1.29 is 0 Å². The van der Waals surface area contributed by atoms with Crippen LogP contribution in [-0.4, -0.2) is 24.8 Å². The third kappa shape index (κ3) is 4.23. The summed E-state index contributed by atoms with van der Waals surface area (Å²) in [6.45, 7) is 9.53. The lowest BCUT2D eigenvalue weighted by molar-refractivity contribution is 0.552. The molecule has 0 radical (unpaired) electrons. The second-order valence-electron chi connectivity index (χ2n) is 6.06. The van der Waals surface area contributed by atoms with E-state index in [2.05, 4.69) is 83.8 Å². The van der Waals surface area contributed by atoms with Crippen molar-refractivity contribution in [1.29, 1.82) is 0 Å². The van der Waals surface area contributed by atoms with Gasteiger partial charge in [-0.3, -0.25) is 0 Å². The molecule has 0 spiro atoms. The molecule has 0 unspecified atom stereocenters. The molecule has 0 saturated heterocycles. The van der Waals surface area contributed by atoms with Crippen molar-refractivity contribution in [3.05, 3.63) is 62.6 Å². The molecule has 2 nitrogen and oxygen atoms in total. The van der Waals surface area contributed by atoms with Crippen LogP contribution < -0.4 is 0 Å². The van der Waals surface area contributed by atoms with Gasteiger partial charge in [-0.1, -0.05) is 30.3 Å². The maximum atomic E-state index is 4.66. The van der Waals surface area contributed by atoms with Crippen molar-refractivity contribution in [2.24, 2.45) is 4.99 Å². The van der Waals surface area contributed by atoms with E-state index in [9.17, 15) is 0 Å². The second kappa shape index (κ2) is 7.78. The van der Waals surface area contributed by atoms with Crippen LogP contribution in [0, 0.1) is 20.8 Å². The number of nitrogens with zero attached hydrogens (tertiary/aromatic N) is 2. The Morgan fingerprint density at radius 1 is 1.09 bits per heavy atom. The van der Waals surface area contributed by atoms with Gasteiger partial charge >= 0.3 is 0 Å². The largest absolute Gasteiger partial charge is 0.366 e. The lowest BCUT2D eigenvalue weighted by atomic mass is 9.95. The van der Waals surface area contributed by atoms with Gasteiger partial charge in [0.1, 0.15) is 0 Å². The SMILES string of the molecule is CCN(C)C=Nc1c(C)cc(Cc2ccccc2C)c(C)c1Br. The first kappa shape index (κ1) is 17.7. The van der Waals surface area contributed by atoms with Crippen LogP contribution in [0.3, 0.4) is 0 Å². The maximum Gasteiger partial charge on any atom is 0.0910 e. The van der Waals surface area contributed by atoms with Crippen LogP contribution in [0.25, 0.3) is 0 Å². The Bertz CT molecular complexity index is 720. The average Bonchev–Trinajstić information content (AvgIpc) is 2.54. The minimum Gasteiger partial charge on any atom is -0.366 e. The van der Waals surface area contributed by atoms with E-state index in [1.165, 1.54) is 27.8 Å². The molecule has 0 heterocycles. The van der Waals surface area contributed by atoms with E-state index >= 15 is 0 Å². The summed E-state index contributed by atoms with van der Waals surface area (Å²) in [5.41, 5.74) is 7.57. The van der Waals surface area contributed by atoms with Crippen LogP contribution in [0.1, 0.15) is 34.7 Å². The molecule has 2 aromatic rings. The number of halogens is 1. The van der Waals surface area contributed by atoms with Crippen LogP contribution in [0.15, 0.2) is 39.8 Å². The number of hydrogen-bond donors (Lipinski definition) is 0. The van der Waals surface area contributed by atoms with E-state index in [-0.39, 0.29) is 0 Å². The predicted molar refractivity (Wildman–Crippen MR) is 104 cm³/mol. The summed E-state index contributed by atoms with van der Waals surface area (Å²) in [5, 5.41) is 0. The molecule has 0 N–H and O–H groups in total. The average molecular weight is 373 g/mol. The van der Waals surface area contributed by atoms with Crippen LogP contribution in [0.2, 0.25) is 0 Å². The van der Waals surface area contributed by atoms with E-state index in [0.717, 1.165) is 23.1 Å². The van der Waals surface area contributed by atoms with Crippen LogP contribution in [-0.2, 0) is 6.42 Å². The fourth-order valence-electron chi connectivity index (χ4n) is 2.52. The monoisotopic (exact) mass is 372 g/mol. The molecular formula is C20H25BrN2. The Hall–Kier alpha value is -1.61. The highest BCUT2D eigenvalue weighted by Crippen LogP contribution is 2.35. The van der Waals surface area contributed by atoms with Gasteiger partial charge in [-0.2, -0.15) is 0 Å². The van der Waals surface area contributed by atoms with Crippen molar-refractivity contribution in [1.82, 2.24) is 4.90 Å². The molecular weight excluding hydrogens is 348 g/mol. The van der Waals surface area contributed by atoms with E-state index in [1.807, 2.05) is 13.4 Å². The van der Waals surface area contributed by atoms with Gasteiger partial charge in [0.25, 0.3) is 0 Å². The minimum atomic E-state index is 0.949. The molecule has 2 rings (SSSR count). The van der Waals surface area contributed by atoms with Gasteiger partial charge in [-0.25, -0.2) is 4.99 Å². The Morgan fingerprint density at radius 3 is 2.43 bits per heavy atom. The first-order valence-corrected chi connectivity index (χ1v) is 8.80. The summed E-state index contributed by atoms with van der Waals surface area (Å²) in [6.07, 6.45) is 2.85. The lowest BCUT2D eigenvalue weighted by Crippen LogP contribution is -2.14. The Kier molecular flexibility index (Phi) is 6.00. The molecule has 0 aliphatic rings. The highest BCUT2D eigenvalue weighted by atomic mass is 79.9. The van der Waals surface area contributed by atoms with E-state index in [0.29, 0.717) is 0 Å². The third-order valence-corrected chi connectivity index (χ3v) is 5.28. The first-order chi connectivity index (χ1) is 10.9. The van der Waals surface area contributed by atoms with E-state index in [1.54, 1.807) is 0 Å². The summed E-state index contributed by atoms with van der Waals surface area (Å²) in [5.74, 6) is 0.